The fourth-order valence-electron chi connectivity index (χ4n) is 4.89. The van der Waals surface area contributed by atoms with Crippen LogP contribution in [0.15, 0.2) is 60.7 Å². The number of rotatable bonds is 3. The Morgan fingerprint density at radius 2 is 1.69 bits per heavy atom. The van der Waals surface area contributed by atoms with Crippen molar-refractivity contribution < 1.29 is 24.2 Å². The number of aliphatic hydroxyl groups is 1. The normalized spacial score (nSPS) is 29.3. The van der Waals surface area contributed by atoms with Crippen molar-refractivity contribution in [2.75, 3.05) is 12.0 Å². The predicted molar refractivity (Wildman–Crippen MR) is 106 cm³/mol. The number of esters is 1. The third-order valence-electron chi connectivity index (χ3n) is 6.24. The minimum atomic E-state index is -2.21. The first-order valence-electron chi connectivity index (χ1n) is 9.74. The van der Waals surface area contributed by atoms with Gasteiger partial charge < -0.3 is 9.84 Å². The minimum Gasteiger partial charge on any atom is -0.465 e. The number of anilines is 1. The number of hydrogen-bond donors (Lipinski definition) is 1. The highest BCUT2D eigenvalue weighted by Gasteiger charge is 2.66. The number of carbonyl (C=O) groups is 3. The number of nitrogens with zero attached hydrogens (tertiary/aromatic N) is 1. The van der Waals surface area contributed by atoms with Gasteiger partial charge in [0.1, 0.15) is 11.2 Å². The Labute approximate surface area is 169 Å². The second-order valence-corrected chi connectivity index (χ2v) is 7.70. The van der Waals surface area contributed by atoms with Gasteiger partial charge in [0, 0.05) is 24.4 Å². The average Bonchev–Trinajstić information content (AvgIpc) is 3.13. The van der Waals surface area contributed by atoms with Crippen molar-refractivity contribution in [3.05, 3.63) is 66.2 Å². The van der Waals surface area contributed by atoms with E-state index in [2.05, 4.69) is 0 Å². The van der Waals surface area contributed by atoms with Gasteiger partial charge in [-0.2, -0.15) is 0 Å². The van der Waals surface area contributed by atoms with Gasteiger partial charge in [0.15, 0.2) is 0 Å². The van der Waals surface area contributed by atoms with Gasteiger partial charge >= 0.3 is 5.97 Å². The first kappa shape index (κ1) is 19.3. The zero-order valence-corrected chi connectivity index (χ0v) is 16.2. The molecule has 0 bridgehead atoms. The lowest BCUT2D eigenvalue weighted by molar-refractivity contribution is -0.174. The maximum Gasteiger partial charge on any atom is 0.359 e. The summed E-state index contributed by atoms with van der Waals surface area (Å²) in [6.07, 6.45) is 1.20. The number of para-hydroxylation sites is 1. The van der Waals surface area contributed by atoms with Gasteiger partial charge in [0.2, 0.25) is 11.6 Å². The lowest BCUT2D eigenvalue weighted by atomic mass is 9.63. The fraction of sp³-hybridized carbons (Fsp3) is 0.348. The molecule has 4 rings (SSSR count). The molecular weight excluding hydrogens is 370 g/mol. The van der Waals surface area contributed by atoms with Crippen molar-refractivity contribution in [1.82, 2.24) is 0 Å². The molecule has 29 heavy (non-hydrogen) atoms. The summed E-state index contributed by atoms with van der Waals surface area (Å²) in [5.74, 6) is -2.21. The molecule has 1 amide bonds. The predicted octanol–water partition coefficient (Wildman–Crippen LogP) is 2.81. The number of ether oxygens (including phenoxy) is 1. The molecule has 2 aromatic carbocycles. The van der Waals surface area contributed by atoms with Crippen molar-refractivity contribution in [2.45, 2.75) is 37.3 Å². The highest BCUT2D eigenvalue weighted by atomic mass is 16.5. The van der Waals surface area contributed by atoms with E-state index in [0.717, 1.165) is 10.5 Å². The molecule has 1 saturated heterocycles. The SMILES string of the molecule is COC(=O)C1(O)CC(c2ccccc2)C2(CCCC2=O)C(=O)N1c1ccccc1. The van der Waals surface area contributed by atoms with Gasteiger partial charge in [-0.05, 0) is 30.5 Å². The molecule has 1 heterocycles. The molecular formula is C23H23NO5. The third kappa shape index (κ3) is 2.78. The molecule has 0 aromatic heterocycles. The van der Waals surface area contributed by atoms with Crippen LogP contribution in [0, 0.1) is 5.41 Å². The number of ketones is 1. The molecule has 1 saturated carbocycles. The number of benzene rings is 2. The van der Waals surface area contributed by atoms with E-state index in [1.807, 2.05) is 30.3 Å². The van der Waals surface area contributed by atoms with Crippen LogP contribution in [0.1, 0.15) is 37.2 Å². The van der Waals surface area contributed by atoms with Gasteiger partial charge in [0.25, 0.3) is 0 Å². The van der Waals surface area contributed by atoms with E-state index in [1.54, 1.807) is 30.3 Å². The Morgan fingerprint density at radius 1 is 1.07 bits per heavy atom. The summed E-state index contributed by atoms with van der Waals surface area (Å²) < 4.78 is 4.89. The van der Waals surface area contributed by atoms with E-state index < -0.39 is 28.9 Å². The van der Waals surface area contributed by atoms with Crippen molar-refractivity contribution in [2.24, 2.45) is 5.41 Å². The molecule has 1 N–H and O–H groups in total. The van der Waals surface area contributed by atoms with Crippen LogP contribution >= 0.6 is 0 Å². The second kappa shape index (κ2) is 7.12. The second-order valence-electron chi connectivity index (χ2n) is 7.70. The number of Topliss-reactive ketones (excluding diaryl/α,β-unsaturated/α-hetero) is 1. The maximum atomic E-state index is 13.9. The van der Waals surface area contributed by atoms with E-state index in [-0.39, 0.29) is 12.2 Å². The summed E-state index contributed by atoms with van der Waals surface area (Å²) >= 11 is 0. The van der Waals surface area contributed by atoms with Gasteiger partial charge in [-0.25, -0.2) is 4.79 Å². The Balaban J connectivity index is 1.94. The lowest BCUT2D eigenvalue weighted by Crippen LogP contribution is -2.68. The number of amides is 1. The first-order chi connectivity index (χ1) is 13.9. The molecule has 1 spiro atoms. The molecule has 6 heteroatoms. The van der Waals surface area contributed by atoms with E-state index in [1.165, 1.54) is 7.11 Å². The molecule has 2 aliphatic rings. The molecule has 0 radical (unpaired) electrons. The van der Waals surface area contributed by atoms with Gasteiger partial charge in [0.05, 0.1) is 7.11 Å². The topological polar surface area (TPSA) is 83.9 Å². The smallest absolute Gasteiger partial charge is 0.359 e. The molecule has 3 atom stereocenters. The summed E-state index contributed by atoms with van der Waals surface area (Å²) in [6.45, 7) is 0. The van der Waals surface area contributed by atoms with E-state index in [0.29, 0.717) is 24.9 Å². The number of hydrogen-bond acceptors (Lipinski definition) is 5. The van der Waals surface area contributed by atoms with Crippen LogP contribution in [0.3, 0.4) is 0 Å². The van der Waals surface area contributed by atoms with E-state index >= 15 is 0 Å². The average molecular weight is 393 g/mol. The standard InChI is InChI=1S/C23H23NO5/c1-29-21(27)23(28)15-18(16-9-4-2-5-10-16)22(14-8-13-19(22)25)20(26)24(23)17-11-6-3-7-12-17/h2-7,9-12,18,28H,8,13-15H2,1H3. The highest BCUT2D eigenvalue weighted by Crippen LogP contribution is 2.56. The molecule has 150 valence electrons. The van der Waals surface area contributed by atoms with Crippen molar-refractivity contribution in [3.8, 4) is 0 Å². The number of methoxy groups -OCH3 is 1. The van der Waals surface area contributed by atoms with Crippen molar-refractivity contribution in [1.29, 1.82) is 0 Å². The van der Waals surface area contributed by atoms with Crippen LogP contribution in [0.5, 0.6) is 0 Å². The molecule has 1 aliphatic heterocycles. The first-order valence-corrected chi connectivity index (χ1v) is 9.74. The van der Waals surface area contributed by atoms with Crippen LogP contribution in [-0.4, -0.2) is 35.6 Å². The summed E-state index contributed by atoms with van der Waals surface area (Å²) in [5, 5.41) is 11.5. The van der Waals surface area contributed by atoms with Crippen LogP contribution in [0.25, 0.3) is 0 Å². The fourth-order valence-corrected chi connectivity index (χ4v) is 4.89. The Hall–Kier alpha value is -2.99. The molecule has 2 fully saturated rings. The van der Waals surface area contributed by atoms with E-state index in [4.69, 9.17) is 4.74 Å². The van der Waals surface area contributed by atoms with Gasteiger partial charge in [-0.1, -0.05) is 48.5 Å². The zero-order chi connectivity index (χ0) is 20.6. The van der Waals surface area contributed by atoms with Crippen LogP contribution in [-0.2, 0) is 19.1 Å². The Kier molecular flexibility index (Phi) is 4.74. The summed E-state index contributed by atoms with van der Waals surface area (Å²) in [7, 11) is 1.18. The largest absolute Gasteiger partial charge is 0.465 e. The Morgan fingerprint density at radius 3 is 2.24 bits per heavy atom. The van der Waals surface area contributed by atoms with Gasteiger partial charge in [-0.3, -0.25) is 14.5 Å². The molecule has 2 aromatic rings. The van der Waals surface area contributed by atoms with E-state index in [9.17, 15) is 19.5 Å². The van der Waals surface area contributed by atoms with Crippen LogP contribution in [0.4, 0.5) is 5.69 Å². The zero-order valence-electron chi connectivity index (χ0n) is 16.2. The highest BCUT2D eigenvalue weighted by molar-refractivity contribution is 6.17. The number of carbonyl (C=O) groups excluding carboxylic acids is 3. The maximum absolute atomic E-state index is 13.9. The van der Waals surface area contributed by atoms with Crippen LogP contribution < -0.4 is 4.90 Å². The quantitative estimate of drug-likeness (QED) is 0.640. The third-order valence-corrected chi connectivity index (χ3v) is 6.24. The van der Waals surface area contributed by atoms with Gasteiger partial charge in [-0.15, -0.1) is 0 Å². The molecule has 1 aliphatic carbocycles. The monoisotopic (exact) mass is 393 g/mol. The summed E-state index contributed by atoms with van der Waals surface area (Å²) in [6, 6.07) is 17.7. The van der Waals surface area contributed by atoms with Crippen molar-refractivity contribution in [3.63, 3.8) is 0 Å². The van der Waals surface area contributed by atoms with Crippen LogP contribution in [0.2, 0.25) is 0 Å². The Bertz CT molecular complexity index is 944. The molecule has 3 unspecified atom stereocenters. The summed E-state index contributed by atoms with van der Waals surface area (Å²) in [5.41, 5.74) is -2.39. The van der Waals surface area contributed by atoms with Crippen molar-refractivity contribution >= 4 is 23.3 Å². The number of piperidine rings is 1. The summed E-state index contributed by atoms with van der Waals surface area (Å²) in [4.78, 5) is 40.8. The lowest BCUT2D eigenvalue weighted by Gasteiger charge is -2.51. The molecule has 6 nitrogen and oxygen atoms in total. The minimum absolute atomic E-state index is 0.115.